The Hall–Kier alpha value is -1.91. The van der Waals surface area contributed by atoms with Crippen molar-refractivity contribution < 1.29 is 14.7 Å². The zero-order valence-corrected chi connectivity index (χ0v) is 14.1. The molecule has 2 atom stereocenters. The van der Waals surface area contributed by atoms with E-state index in [0.29, 0.717) is 19.4 Å². The highest BCUT2D eigenvalue weighted by Crippen LogP contribution is 2.34. The minimum absolute atomic E-state index is 0.0470. The molecule has 5 nitrogen and oxygen atoms in total. The van der Waals surface area contributed by atoms with Gasteiger partial charge >= 0.3 is 5.97 Å². The largest absolute Gasteiger partial charge is 0.481 e. The molecule has 0 saturated heterocycles. The molecule has 1 aromatic rings. The number of carboxylic acids is 1. The third-order valence-electron chi connectivity index (χ3n) is 5.55. The summed E-state index contributed by atoms with van der Waals surface area (Å²) in [5.41, 5.74) is 1.06. The highest BCUT2D eigenvalue weighted by molar-refractivity contribution is 5.85. The van der Waals surface area contributed by atoms with E-state index in [0.717, 1.165) is 44.1 Å². The molecule has 2 unspecified atom stereocenters. The van der Waals surface area contributed by atoms with E-state index in [1.54, 1.807) is 12.4 Å². The van der Waals surface area contributed by atoms with Crippen molar-refractivity contribution in [2.45, 2.75) is 64.0 Å². The van der Waals surface area contributed by atoms with Gasteiger partial charge in [0.05, 0.1) is 11.8 Å². The molecule has 24 heavy (non-hydrogen) atoms. The second kappa shape index (κ2) is 7.77. The predicted molar refractivity (Wildman–Crippen MR) is 90.1 cm³/mol. The second-order valence-corrected chi connectivity index (χ2v) is 7.10. The standard InChI is InChI=1S/C19H26N2O3/c22-18(16-7-3-4-8-17(16)19(23)24)21(15-5-1-2-6-15)13-14-9-11-20-12-10-14/h9-12,15-17H,1-8,13H2,(H,23,24). The van der Waals surface area contributed by atoms with E-state index in [-0.39, 0.29) is 17.9 Å². The minimum Gasteiger partial charge on any atom is -0.481 e. The van der Waals surface area contributed by atoms with Crippen molar-refractivity contribution >= 4 is 11.9 Å². The highest BCUT2D eigenvalue weighted by Gasteiger charge is 2.39. The summed E-state index contributed by atoms with van der Waals surface area (Å²) < 4.78 is 0. The van der Waals surface area contributed by atoms with E-state index in [2.05, 4.69) is 4.98 Å². The van der Waals surface area contributed by atoms with Crippen molar-refractivity contribution in [2.75, 3.05) is 0 Å². The third-order valence-corrected chi connectivity index (χ3v) is 5.55. The van der Waals surface area contributed by atoms with Crippen molar-refractivity contribution in [3.8, 4) is 0 Å². The Morgan fingerprint density at radius 2 is 1.58 bits per heavy atom. The van der Waals surface area contributed by atoms with Crippen LogP contribution in [0, 0.1) is 11.8 Å². The Kier molecular flexibility index (Phi) is 5.48. The first kappa shape index (κ1) is 16.9. The number of carboxylic acid groups (broad SMARTS) is 1. The number of nitrogens with zero attached hydrogens (tertiary/aromatic N) is 2. The van der Waals surface area contributed by atoms with Gasteiger partial charge in [-0.05, 0) is 43.4 Å². The van der Waals surface area contributed by atoms with Gasteiger partial charge in [0.15, 0.2) is 0 Å². The van der Waals surface area contributed by atoms with Crippen LogP contribution in [0.4, 0.5) is 0 Å². The summed E-state index contributed by atoms with van der Waals surface area (Å²) in [7, 11) is 0. The summed E-state index contributed by atoms with van der Waals surface area (Å²) in [4.78, 5) is 30.8. The molecule has 1 amide bonds. The van der Waals surface area contributed by atoms with Crippen LogP contribution in [0.25, 0.3) is 0 Å². The molecular weight excluding hydrogens is 304 g/mol. The highest BCUT2D eigenvalue weighted by atomic mass is 16.4. The number of hydrogen-bond acceptors (Lipinski definition) is 3. The molecule has 0 aliphatic heterocycles. The average molecular weight is 330 g/mol. The molecule has 1 heterocycles. The lowest BCUT2D eigenvalue weighted by molar-refractivity contribution is -0.153. The van der Waals surface area contributed by atoms with E-state index < -0.39 is 11.9 Å². The lowest BCUT2D eigenvalue weighted by atomic mass is 9.78. The van der Waals surface area contributed by atoms with Gasteiger partial charge < -0.3 is 10.0 Å². The molecule has 2 saturated carbocycles. The summed E-state index contributed by atoms with van der Waals surface area (Å²) in [5, 5.41) is 9.52. The normalized spacial score (nSPS) is 24.7. The van der Waals surface area contributed by atoms with Crippen LogP contribution in [0.3, 0.4) is 0 Å². The number of rotatable bonds is 5. The third kappa shape index (κ3) is 3.77. The first-order chi connectivity index (χ1) is 11.7. The number of amides is 1. The zero-order valence-electron chi connectivity index (χ0n) is 14.1. The van der Waals surface area contributed by atoms with Crippen LogP contribution in [0.2, 0.25) is 0 Å². The molecule has 2 aliphatic carbocycles. The quantitative estimate of drug-likeness (QED) is 0.899. The Morgan fingerprint density at radius 3 is 2.21 bits per heavy atom. The van der Waals surface area contributed by atoms with Crippen LogP contribution < -0.4 is 0 Å². The average Bonchev–Trinajstić information content (AvgIpc) is 3.14. The maximum atomic E-state index is 13.3. The van der Waals surface area contributed by atoms with Crippen molar-refractivity contribution in [1.82, 2.24) is 9.88 Å². The Balaban J connectivity index is 1.80. The zero-order chi connectivity index (χ0) is 16.9. The van der Waals surface area contributed by atoms with E-state index in [9.17, 15) is 14.7 Å². The van der Waals surface area contributed by atoms with Gasteiger partial charge in [0.1, 0.15) is 0 Å². The number of aliphatic carboxylic acids is 1. The predicted octanol–water partition coefficient (Wildman–Crippen LogP) is 3.24. The molecule has 2 fully saturated rings. The van der Waals surface area contributed by atoms with Gasteiger partial charge in [-0.25, -0.2) is 0 Å². The van der Waals surface area contributed by atoms with Gasteiger partial charge in [0.25, 0.3) is 0 Å². The van der Waals surface area contributed by atoms with E-state index in [4.69, 9.17) is 0 Å². The number of pyridine rings is 1. The molecule has 0 bridgehead atoms. The van der Waals surface area contributed by atoms with Gasteiger partial charge in [-0.2, -0.15) is 0 Å². The summed E-state index contributed by atoms with van der Waals surface area (Å²) in [6.45, 7) is 0.564. The molecule has 1 aromatic heterocycles. The molecule has 1 N–H and O–H groups in total. The van der Waals surface area contributed by atoms with Gasteiger partial charge in [-0.3, -0.25) is 14.6 Å². The molecule has 0 radical (unpaired) electrons. The van der Waals surface area contributed by atoms with Crippen molar-refractivity contribution in [2.24, 2.45) is 11.8 Å². The molecule has 130 valence electrons. The molecule has 5 heteroatoms. The van der Waals surface area contributed by atoms with Crippen LogP contribution in [0.15, 0.2) is 24.5 Å². The lowest BCUT2D eigenvalue weighted by Crippen LogP contribution is -2.46. The van der Waals surface area contributed by atoms with E-state index >= 15 is 0 Å². The summed E-state index contributed by atoms with van der Waals surface area (Å²) in [6.07, 6.45) is 11.0. The monoisotopic (exact) mass is 330 g/mol. The fraction of sp³-hybridized carbons (Fsp3) is 0.632. The molecule has 2 aliphatic rings. The maximum Gasteiger partial charge on any atom is 0.307 e. The molecule has 3 rings (SSSR count). The number of carbonyl (C=O) groups excluding carboxylic acids is 1. The van der Waals surface area contributed by atoms with Gasteiger partial charge in [0.2, 0.25) is 5.91 Å². The van der Waals surface area contributed by atoms with Crippen LogP contribution in [0.5, 0.6) is 0 Å². The van der Waals surface area contributed by atoms with E-state index in [1.165, 1.54) is 0 Å². The SMILES string of the molecule is O=C(O)C1CCCCC1C(=O)N(Cc1ccncc1)C1CCCC1. The Morgan fingerprint density at radius 1 is 1.00 bits per heavy atom. The van der Waals surface area contributed by atoms with Gasteiger partial charge in [0, 0.05) is 25.0 Å². The molecular formula is C19H26N2O3. The van der Waals surface area contributed by atoms with Crippen molar-refractivity contribution in [1.29, 1.82) is 0 Å². The van der Waals surface area contributed by atoms with Gasteiger partial charge in [-0.1, -0.05) is 25.7 Å². The fourth-order valence-electron chi connectivity index (χ4n) is 4.22. The molecule has 0 aromatic carbocycles. The lowest BCUT2D eigenvalue weighted by Gasteiger charge is -2.36. The maximum absolute atomic E-state index is 13.3. The Bertz CT molecular complexity index is 569. The Labute approximate surface area is 143 Å². The topological polar surface area (TPSA) is 70.5 Å². The summed E-state index contributed by atoms with van der Waals surface area (Å²) in [6, 6.07) is 4.12. The van der Waals surface area contributed by atoms with Crippen LogP contribution >= 0.6 is 0 Å². The summed E-state index contributed by atoms with van der Waals surface area (Å²) in [5.74, 6) is -1.65. The van der Waals surface area contributed by atoms with Crippen molar-refractivity contribution in [3.05, 3.63) is 30.1 Å². The number of hydrogen-bond donors (Lipinski definition) is 1. The second-order valence-electron chi connectivity index (χ2n) is 7.10. The van der Waals surface area contributed by atoms with E-state index in [1.807, 2.05) is 17.0 Å². The smallest absolute Gasteiger partial charge is 0.307 e. The first-order valence-corrected chi connectivity index (χ1v) is 9.09. The summed E-state index contributed by atoms with van der Waals surface area (Å²) >= 11 is 0. The van der Waals surface area contributed by atoms with Gasteiger partial charge in [-0.15, -0.1) is 0 Å². The fourth-order valence-corrected chi connectivity index (χ4v) is 4.22. The van der Waals surface area contributed by atoms with Crippen LogP contribution in [0.1, 0.15) is 56.9 Å². The van der Waals surface area contributed by atoms with Crippen LogP contribution in [-0.2, 0) is 16.1 Å². The minimum atomic E-state index is -0.816. The number of aromatic nitrogens is 1. The molecule has 0 spiro atoms. The first-order valence-electron chi connectivity index (χ1n) is 9.09. The number of carbonyl (C=O) groups is 2. The van der Waals surface area contributed by atoms with Crippen molar-refractivity contribution in [3.63, 3.8) is 0 Å². The van der Waals surface area contributed by atoms with Crippen LogP contribution in [-0.4, -0.2) is 32.9 Å².